The lowest BCUT2D eigenvalue weighted by Crippen LogP contribution is -2.24. The highest BCUT2D eigenvalue weighted by molar-refractivity contribution is 7.21. The van der Waals surface area contributed by atoms with Crippen LogP contribution in [-0.2, 0) is 11.3 Å². The number of hydrogen-bond acceptors (Lipinski definition) is 9. The number of benzene rings is 1. The van der Waals surface area contributed by atoms with Gasteiger partial charge in [-0.1, -0.05) is 0 Å². The summed E-state index contributed by atoms with van der Waals surface area (Å²) in [7, 11) is 0. The lowest BCUT2D eigenvalue weighted by Gasteiger charge is -2.10. The molecule has 1 aliphatic rings. The number of nitrogens with zero attached hydrogens (tertiary/aromatic N) is 4. The third-order valence-electron chi connectivity index (χ3n) is 4.72. The fourth-order valence-electron chi connectivity index (χ4n) is 3.34. The maximum Gasteiger partial charge on any atom is 0.263 e. The molecule has 0 unspecified atom stereocenters. The number of amides is 1. The SMILES string of the molecule is CCOCc1cnc(Cl)nc1Oc1cnc2c(ccc3sc4c(c32)NCCNC4=O)n1.[HH]. The topological polar surface area (TPSA) is 111 Å². The zero-order valence-corrected chi connectivity index (χ0v) is 18.0. The molecule has 5 rings (SSSR count). The first-order valence-corrected chi connectivity index (χ1v) is 10.8. The van der Waals surface area contributed by atoms with Crippen LogP contribution in [-0.4, -0.2) is 45.5 Å². The third kappa shape index (κ3) is 3.73. The molecule has 11 heteroatoms. The number of ether oxygens (including phenoxy) is 2. The third-order valence-corrected chi connectivity index (χ3v) is 6.05. The van der Waals surface area contributed by atoms with Crippen LogP contribution in [0.3, 0.4) is 0 Å². The van der Waals surface area contributed by atoms with Gasteiger partial charge in [0.05, 0.1) is 35.1 Å². The number of rotatable bonds is 5. The number of thiophene rings is 1. The number of hydrogen-bond donors (Lipinski definition) is 2. The zero-order valence-electron chi connectivity index (χ0n) is 16.4. The Kier molecular flexibility index (Phi) is 5.26. The van der Waals surface area contributed by atoms with E-state index in [1.165, 1.54) is 17.5 Å². The lowest BCUT2D eigenvalue weighted by molar-refractivity contribution is 0.0962. The van der Waals surface area contributed by atoms with Crippen LogP contribution in [0.2, 0.25) is 5.28 Å². The molecule has 0 spiro atoms. The number of aromatic nitrogens is 4. The summed E-state index contributed by atoms with van der Waals surface area (Å²) < 4.78 is 12.3. The fourth-order valence-corrected chi connectivity index (χ4v) is 4.57. The van der Waals surface area contributed by atoms with Crippen molar-refractivity contribution in [3.8, 4) is 11.8 Å². The van der Waals surface area contributed by atoms with Crippen LogP contribution in [0, 0.1) is 0 Å². The largest absolute Gasteiger partial charge is 0.418 e. The summed E-state index contributed by atoms with van der Waals surface area (Å²) in [4.78, 5) is 30.3. The number of nitrogens with one attached hydrogen (secondary N) is 2. The molecule has 4 heterocycles. The molecule has 1 aromatic carbocycles. The Balaban J connectivity index is 0.00000245. The van der Waals surface area contributed by atoms with Gasteiger partial charge in [-0.3, -0.25) is 4.79 Å². The number of carbonyl (C=O) groups excluding carboxylic acids is 1. The zero-order chi connectivity index (χ0) is 21.4. The van der Waals surface area contributed by atoms with Crippen molar-refractivity contribution in [3.05, 3.63) is 40.3 Å². The Morgan fingerprint density at radius 1 is 1.19 bits per heavy atom. The van der Waals surface area contributed by atoms with E-state index < -0.39 is 0 Å². The number of anilines is 1. The van der Waals surface area contributed by atoms with Crippen molar-refractivity contribution in [2.24, 2.45) is 0 Å². The van der Waals surface area contributed by atoms with Crippen molar-refractivity contribution < 1.29 is 15.7 Å². The fraction of sp³-hybridized carbons (Fsp3) is 0.250. The summed E-state index contributed by atoms with van der Waals surface area (Å²) >= 11 is 7.37. The van der Waals surface area contributed by atoms with Crippen LogP contribution in [0.25, 0.3) is 21.1 Å². The van der Waals surface area contributed by atoms with Crippen molar-refractivity contribution in [3.63, 3.8) is 0 Å². The molecule has 1 amide bonds. The van der Waals surface area contributed by atoms with Crippen LogP contribution in [0.4, 0.5) is 5.69 Å². The molecule has 2 N–H and O–H groups in total. The van der Waals surface area contributed by atoms with Crippen LogP contribution in [0.15, 0.2) is 24.5 Å². The van der Waals surface area contributed by atoms with Gasteiger partial charge in [-0.2, -0.15) is 4.98 Å². The smallest absolute Gasteiger partial charge is 0.263 e. The molecule has 9 nitrogen and oxygen atoms in total. The molecule has 0 bridgehead atoms. The summed E-state index contributed by atoms with van der Waals surface area (Å²) in [6, 6.07) is 3.80. The van der Waals surface area contributed by atoms with Crippen LogP contribution in [0.5, 0.6) is 11.8 Å². The number of halogens is 1. The number of carbonyl (C=O) groups is 1. The molecule has 160 valence electrons. The predicted octanol–water partition coefficient (Wildman–Crippen LogP) is 4.02. The van der Waals surface area contributed by atoms with Gasteiger partial charge in [-0.25, -0.2) is 15.0 Å². The Hall–Kier alpha value is -3.08. The normalized spacial score (nSPS) is 13.5. The van der Waals surface area contributed by atoms with Crippen LogP contribution >= 0.6 is 22.9 Å². The van der Waals surface area contributed by atoms with Gasteiger partial charge >= 0.3 is 0 Å². The molecule has 0 saturated carbocycles. The number of fused-ring (bicyclic) bond motifs is 5. The summed E-state index contributed by atoms with van der Waals surface area (Å²) in [6.45, 7) is 3.95. The molecule has 0 radical (unpaired) electrons. The van der Waals surface area contributed by atoms with Gasteiger partial charge < -0.3 is 20.1 Å². The summed E-state index contributed by atoms with van der Waals surface area (Å²) in [6.07, 6.45) is 3.10. The first-order chi connectivity index (χ1) is 15.1. The molecule has 31 heavy (non-hydrogen) atoms. The van der Waals surface area contributed by atoms with E-state index in [9.17, 15) is 4.79 Å². The molecule has 1 aliphatic heterocycles. The first-order valence-electron chi connectivity index (χ1n) is 9.65. The summed E-state index contributed by atoms with van der Waals surface area (Å²) in [5.74, 6) is 0.460. The van der Waals surface area contributed by atoms with Crippen molar-refractivity contribution in [1.29, 1.82) is 0 Å². The summed E-state index contributed by atoms with van der Waals surface area (Å²) in [5, 5.41) is 7.18. The van der Waals surface area contributed by atoms with Gasteiger partial charge in [0, 0.05) is 37.4 Å². The molecule has 4 aromatic rings. The van der Waals surface area contributed by atoms with E-state index in [2.05, 4.69) is 30.6 Å². The lowest BCUT2D eigenvalue weighted by atomic mass is 10.1. The van der Waals surface area contributed by atoms with E-state index >= 15 is 0 Å². The highest BCUT2D eigenvalue weighted by atomic mass is 35.5. The molecule has 0 atom stereocenters. The average molecular weight is 459 g/mol. The van der Waals surface area contributed by atoms with Gasteiger partial charge in [0.25, 0.3) is 5.91 Å². The van der Waals surface area contributed by atoms with Gasteiger partial charge in [-0.15, -0.1) is 11.3 Å². The van der Waals surface area contributed by atoms with Crippen LogP contribution in [0.1, 0.15) is 23.6 Å². The Morgan fingerprint density at radius 3 is 2.94 bits per heavy atom. The highest BCUT2D eigenvalue weighted by Crippen LogP contribution is 2.40. The van der Waals surface area contributed by atoms with Crippen molar-refractivity contribution in [2.75, 3.05) is 25.0 Å². The van der Waals surface area contributed by atoms with E-state index in [1.807, 2.05) is 19.1 Å². The molecule has 0 fully saturated rings. The van der Waals surface area contributed by atoms with Gasteiger partial charge in [0.2, 0.25) is 17.0 Å². The quantitative estimate of drug-likeness (QED) is 0.431. The van der Waals surface area contributed by atoms with Crippen molar-refractivity contribution in [1.82, 2.24) is 25.3 Å². The molecule has 3 aromatic heterocycles. The van der Waals surface area contributed by atoms with Crippen molar-refractivity contribution >= 4 is 55.7 Å². The minimum Gasteiger partial charge on any atom is -0.418 e. The molecule has 0 saturated heterocycles. The van der Waals surface area contributed by atoms with Gasteiger partial charge in [-0.05, 0) is 30.7 Å². The van der Waals surface area contributed by atoms with E-state index in [0.717, 1.165) is 15.8 Å². The molecular weight excluding hydrogens is 440 g/mol. The summed E-state index contributed by atoms with van der Waals surface area (Å²) in [5.41, 5.74) is 2.79. The Labute approximate surface area is 187 Å². The van der Waals surface area contributed by atoms with Crippen molar-refractivity contribution in [2.45, 2.75) is 13.5 Å². The molecule has 0 aliphatic carbocycles. The maximum absolute atomic E-state index is 12.4. The highest BCUT2D eigenvalue weighted by Gasteiger charge is 2.23. The van der Waals surface area contributed by atoms with Gasteiger partial charge in [0.15, 0.2) is 0 Å². The second-order valence-corrected chi connectivity index (χ2v) is 8.10. The maximum atomic E-state index is 12.4. The monoisotopic (exact) mass is 458 g/mol. The molecular formula is C20H19ClN6O3S. The van der Waals surface area contributed by atoms with Gasteiger partial charge in [0.1, 0.15) is 4.88 Å². The minimum absolute atomic E-state index is 0. The minimum atomic E-state index is -0.0790. The first kappa shape index (κ1) is 19.9. The van der Waals surface area contributed by atoms with E-state index in [-0.39, 0.29) is 24.4 Å². The van der Waals surface area contributed by atoms with E-state index in [1.54, 1.807) is 6.20 Å². The predicted molar refractivity (Wildman–Crippen MR) is 120 cm³/mol. The second kappa shape index (κ2) is 8.22. The van der Waals surface area contributed by atoms with E-state index in [4.69, 9.17) is 21.1 Å². The van der Waals surface area contributed by atoms with Crippen LogP contribution < -0.4 is 15.4 Å². The Bertz CT molecular complexity index is 1320. The van der Waals surface area contributed by atoms with E-state index in [0.29, 0.717) is 47.8 Å². The average Bonchev–Trinajstić information content (AvgIpc) is 3.05. The standard InChI is InChI=1S/C20H17ClN6O3S.H2/c1-2-29-9-10-7-25-20(21)27-19(10)30-13-8-24-15-11(26-13)3-4-12-14(15)16-17(31-12)18(28)23-6-5-22-16;/h3-4,7-8,22H,2,5-6,9H2,1H3,(H,23,28);1H. The Morgan fingerprint density at radius 2 is 2.06 bits per heavy atom. The second-order valence-electron chi connectivity index (χ2n) is 6.71.